The van der Waals surface area contributed by atoms with E-state index in [2.05, 4.69) is 27.5 Å². The van der Waals surface area contributed by atoms with E-state index < -0.39 is 0 Å². The summed E-state index contributed by atoms with van der Waals surface area (Å²) in [4.78, 5) is 3.95. The van der Waals surface area contributed by atoms with Gasteiger partial charge in [-0.25, -0.2) is 0 Å². The SMILES string of the molecule is CCn1nccc1CNCCc1ncno1. The van der Waals surface area contributed by atoms with E-state index in [0.29, 0.717) is 5.89 Å². The van der Waals surface area contributed by atoms with Crippen LogP contribution in [0.4, 0.5) is 0 Å². The number of nitrogens with zero attached hydrogens (tertiary/aromatic N) is 4. The lowest BCUT2D eigenvalue weighted by Crippen LogP contribution is -2.19. The minimum Gasteiger partial charge on any atom is -0.340 e. The first kappa shape index (κ1) is 10.8. The summed E-state index contributed by atoms with van der Waals surface area (Å²) in [5.41, 5.74) is 1.19. The first-order valence-electron chi connectivity index (χ1n) is 5.37. The van der Waals surface area contributed by atoms with Crippen LogP contribution in [0.15, 0.2) is 23.1 Å². The fraction of sp³-hybridized carbons (Fsp3) is 0.500. The maximum absolute atomic E-state index is 4.90. The molecule has 86 valence electrons. The van der Waals surface area contributed by atoms with Crippen LogP contribution in [-0.4, -0.2) is 26.5 Å². The van der Waals surface area contributed by atoms with Gasteiger partial charge in [-0.1, -0.05) is 5.16 Å². The van der Waals surface area contributed by atoms with Crippen LogP contribution in [0.25, 0.3) is 0 Å². The van der Waals surface area contributed by atoms with E-state index in [-0.39, 0.29) is 0 Å². The molecule has 0 amide bonds. The highest BCUT2D eigenvalue weighted by molar-refractivity contribution is 4.99. The minimum atomic E-state index is 0.663. The lowest BCUT2D eigenvalue weighted by molar-refractivity contribution is 0.374. The Kier molecular flexibility index (Phi) is 3.66. The molecule has 0 fully saturated rings. The predicted octanol–water partition coefficient (Wildman–Crippen LogP) is 0.618. The van der Waals surface area contributed by atoms with Gasteiger partial charge >= 0.3 is 0 Å². The van der Waals surface area contributed by atoms with Crippen LogP contribution in [0.5, 0.6) is 0 Å². The molecule has 0 aliphatic rings. The van der Waals surface area contributed by atoms with Gasteiger partial charge in [-0.2, -0.15) is 10.1 Å². The summed E-state index contributed by atoms with van der Waals surface area (Å²) in [6.45, 7) is 4.60. The number of hydrogen-bond acceptors (Lipinski definition) is 5. The molecule has 0 saturated heterocycles. The summed E-state index contributed by atoms with van der Waals surface area (Å²) in [7, 11) is 0. The van der Waals surface area contributed by atoms with E-state index in [4.69, 9.17) is 4.52 Å². The van der Waals surface area contributed by atoms with Gasteiger partial charge in [-0.3, -0.25) is 4.68 Å². The van der Waals surface area contributed by atoms with Crippen molar-refractivity contribution in [3.63, 3.8) is 0 Å². The smallest absolute Gasteiger partial charge is 0.227 e. The maximum Gasteiger partial charge on any atom is 0.227 e. The second-order valence-corrected chi connectivity index (χ2v) is 3.40. The summed E-state index contributed by atoms with van der Waals surface area (Å²) < 4.78 is 6.87. The molecule has 6 heteroatoms. The number of aromatic nitrogens is 4. The van der Waals surface area contributed by atoms with Gasteiger partial charge in [0.15, 0.2) is 6.33 Å². The lowest BCUT2D eigenvalue weighted by Gasteiger charge is -2.05. The standard InChI is InChI=1S/C10H15N5O/c1-2-15-9(3-6-13-15)7-11-5-4-10-12-8-14-16-10/h3,6,8,11H,2,4-5,7H2,1H3. The Morgan fingerprint density at radius 1 is 1.50 bits per heavy atom. The third-order valence-corrected chi connectivity index (χ3v) is 2.33. The molecule has 2 rings (SSSR count). The molecule has 16 heavy (non-hydrogen) atoms. The van der Waals surface area contributed by atoms with Crippen molar-refractivity contribution in [3.8, 4) is 0 Å². The van der Waals surface area contributed by atoms with Gasteiger partial charge in [-0.15, -0.1) is 0 Å². The summed E-state index contributed by atoms with van der Waals surface area (Å²) in [6.07, 6.45) is 3.99. The van der Waals surface area contributed by atoms with Crippen molar-refractivity contribution in [2.45, 2.75) is 26.4 Å². The van der Waals surface area contributed by atoms with E-state index in [1.807, 2.05) is 16.9 Å². The molecule has 0 aromatic carbocycles. The first-order valence-corrected chi connectivity index (χ1v) is 5.37. The molecule has 2 aromatic heterocycles. The van der Waals surface area contributed by atoms with Gasteiger partial charge in [0, 0.05) is 32.3 Å². The zero-order chi connectivity index (χ0) is 11.2. The second-order valence-electron chi connectivity index (χ2n) is 3.40. The highest BCUT2D eigenvalue weighted by atomic mass is 16.5. The number of rotatable bonds is 6. The van der Waals surface area contributed by atoms with E-state index in [1.165, 1.54) is 12.0 Å². The zero-order valence-corrected chi connectivity index (χ0v) is 9.26. The maximum atomic E-state index is 4.90. The van der Waals surface area contributed by atoms with E-state index in [1.54, 1.807) is 0 Å². The summed E-state index contributed by atoms with van der Waals surface area (Å²) in [5.74, 6) is 0.663. The lowest BCUT2D eigenvalue weighted by atomic mass is 10.4. The molecule has 1 N–H and O–H groups in total. The molecule has 0 bridgehead atoms. The van der Waals surface area contributed by atoms with Gasteiger partial charge in [0.1, 0.15) is 0 Å². The van der Waals surface area contributed by atoms with Gasteiger partial charge in [0.25, 0.3) is 0 Å². The molecule has 0 unspecified atom stereocenters. The normalized spacial score (nSPS) is 10.8. The van der Waals surface area contributed by atoms with Crippen molar-refractivity contribution in [1.82, 2.24) is 25.2 Å². The molecule has 6 nitrogen and oxygen atoms in total. The van der Waals surface area contributed by atoms with Crippen molar-refractivity contribution in [3.05, 3.63) is 30.2 Å². The number of hydrogen-bond donors (Lipinski definition) is 1. The quantitative estimate of drug-likeness (QED) is 0.724. The highest BCUT2D eigenvalue weighted by Crippen LogP contribution is 1.98. The highest BCUT2D eigenvalue weighted by Gasteiger charge is 2.01. The number of aryl methyl sites for hydroxylation is 1. The van der Waals surface area contributed by atoms with Crippen LogP contribution in [0.1, 0.15) is 18.5 Å². The summed E-state index contributed by atoms with van der Waals surface area (Å²) >= 11 is 0. The summed E-state index contributed by atoms with van der Waals surface area (Å²) in [5, 5.41) is 11.1. The second kappa shape index (κ2) is 5.41. The van der Waals surface area contributed by atoms with Gasteiger partial charge in [-0.05, 0) is 13.0 Å². The average molecular weight is 221 g/mol. The third-order valence-electron chi connectivity index (χ3n) is 2.33. The first-order chi connectivity index (χ1) is 7.90. The van der Waals surface area contributed by atoms with Crippen LogP contribution in [0.3, 0.4) is 0 Å². The van der Waals surface area contributed by atoms with Crippen molar-refractivity contribution >= 4 is 0 Å². The molecule has 0 aliphatic heterocycles. The Morgan fingerprint density at radius 2 is 2.44 bits per heavy atom. The Balaban J connectivity index is 1.72. The molecule has 2 heterocycles. The Hall–Kier alpha value is -1.69. The third kappa shape index (κ3) is 2.66. The average Bonchev–Trinajstić information content (AvgIpc) is 2.95. The van der Waals surface area contributed by atoms with Crippen molar-refractivity contribution in [2.75, 3.05) is 6.54 Å². The minimum absolute atomic E-state index is 0.663. The van der Waals surface area contributed by atoms with Gasteiger partial charge < -0.3 is 9.84 Å². The van der Waals surface area contributed by atoms with E-state index >= 15 is 0 Å². The molecular weight excluding hydrogens is 206 g/mol. The molecule has 0 aliphatic carbocycles. The van der Waals surface area contributed by atoms with Gasteiger partial charge in [0.05, 0.1) is 5.69 Å². The van der Waals surface area contributed by atoms with Crippen LogP contribution >= 0.6 is 0 Å². The van der Waals surface area contributed by atoms with Crippen molar-refractivity contribution < 1.29 is 4.52 Å². The molecule has 0 atom stereocenters. The fourth-order valence-corrected chi connectivity index (χ4v) is 1.51. The van der Waals surface area contributed by atoms with Gasteiger partial charge in [0.2, 0.25) is 5.89 Å². The van der Waals surface area contributed by atoms with E-state index in [0.717, 1.165) is 26.1 Å². The van der Waals surface area contributed by atoms with Crippen molar-refractivity contribution in [1.29, 1.82) is 0 Å². The molecule has 0 saturated carbocycles. The topological polar surface area (TPSA) is 68.8 Å². The predicted molar refractivity (Wildman–Crippen MR) is 57.6 cm³/mol. The molecule has 0 spiro atoms. The van der Waals surface area contributed by atoms with E-state index in [9.17, 15) is 0 Å². The molecular formula is C10H15N5O. The fourth-order valence-electron chi connectivity index (χ4n) is 1.51. The Labute approximate surface area is 93.7 Å². The molecule has 0 radical (unpaired) electrons. The number of nitrogens with one attached hydrogen (secondary N) is 1. The Bertz CT molecular complexity index is 409. The Morgan fingerprint density at radius 3 is 3.19 bits per heavy atom. The van der Waals surface area contributed by atoms with Crippen LogP contribution in [0.2, 0.25) is 0 Å². The van der Waals surface area contributed by atoms with Crippen LogP contribution < -0.4 is 5.32 Å². The van der Waals surface area contributed by atoms with Crippen LogP contribution in [-0.2, 0) is 19.5 Å². The zero-order valence-electron chi connectivity index (χ0n) is 9.26. The molecule has 2 aromatic rings. The summed E-state index contributed by atoms with van der Waals surface area (Å²) in [6, 6.07) is 2.02. The largest absolute Gasteiger partial charge is 0.340 e. The van der Waals surface area contributed by atoms with Crippen LogP contribution in [0, 0.1) is 0 Å². The monoisotopic (exact) mass is 221 g/mol. The van der Waals surface area contributed by atoms with Crippen molar-refractivity contribution in [2.24, 2.45) is 0 Å².